The van der Waals surface area contributed by atoms with Crippen LogP contribution in [-0.4, -0.2) is 12.1 Å². The monoisotopic (exact) mass is 188 g/mol. The molecule has 4 rings (SSSR count). The molecule has 3 fully saturated rings. The smallest absolute Gasteiger partial charge is 0.0943 e. The van der Waals surface area contributed by atoms with Crippen LogP contribution in [0, 0.1) is 11.8 Å². The quantitative estimate of drug-likeness (QED) is 0.595. The molecule has 0 saturated heterocycles. The van der Waals surface area contributed by atoms with Crippen LogP contribution in [0.1, 0.15) is 38.5 Å². The van der Waals surface area contributed by atoms with Crippen LogP contribution in [0.15, 0.2) is 21.4 Å². The molecule has 0 aromatic rings. The Bertz CT molecular complexity index is 304. The number of hydrogen-bond acceptors (Lipinski definition) is 2. The van der Waals surface area contributed by atoms with Gasteiger partial charge in [-0.15, -0.1) is 0 Å². The van der Waals surface area contributed by atoms with E-state index in [0.29, 0.717) is 12.1 Å². The lowest BCUT2D eigenvalue weighted by Gasteiger charge is -2.11. The first-order valence-corrected chi connectivity index (χ1v) is 6.07. The number of fused-ring (bicyclic) bond motifs is 2. The average Bonchev–Trinajstić information content (AvgIpc) is 3.09. The molecule has 2 nitrogen and oxygen atoms in total. The van der Waals surface area contributed by atoms with E-state index in [2.05, 4.69) is 10.2 Å². The molecule has 0 unspecified atom stereocenters. The highest BCUT2D eigenvalue weighted by Crippen LogP contribution is 2.54. The SMILES string of the molecule is C1CC1C(=C1[C@@H]2CC[C@H]1N=N2)C1CC1. The predicted octanol–water partition coefficient (Wildman–Crippen LogP) is 3.10. The summed E-state index contributed by atoms with van der Waals surface area (Å²) >= 11 is 0. The third-order valence-electron chi connectivity index (χ3n) is 4.14. The highest BCUT2D eigenvalue weighted by Gasteiger charge is 2.45. The maximum atomic E-state index is 4.39. The molecule has 0 amide bonds. The summed E-state index contributed by atoms with van der Waals surface area (Å²) in [6, 6.07) is 1.05. The summed E-state index contributed by atoms with van der Waals surface area (Å²) in [6.07, 6.45) is 8.38. The molecule has 0 aromatic heterocycles. The first kappa shape index (κ1) is 7.61. The van der Waals surface area contributed by atoms with Gasteiger partial charge in [-0.2, -0.15) is 10.2 Å². The molecule has 14 heavy (non-hydrogen) atoms. The van der Waals surface area contributed by atoms with Crippen LogP contribution in [0.2, 0.25) is 0 Å². The van der Waals surface area contributed by atoms with Gasteiger partial charge in [0.25, 0.3) is 0 Å². The fourth-order valence-corrected chi connectivity index (χ4v) is 3.23. The van der Waals surface area contributed by atoms with Crippen molar-refractivity contribution < 1.29 is 0 Å². The molecule has 3 aliphatic carbocycles. The molecule has 0 radical (unpaired) electrons. The van der Waals surface area contributed by atoms with Crippen molar-refractivity contribution in [1.82, 2.24) is 0 Å². The molecule has 2 bridgehead atoms. The van der Waals surface area contributed by atoms with E-state index in [1.165, 1.54) is 38.5 Å². The minimum atomic E-state index is 0.524. The van der Waals surface area contributed by atoms with Gasteiger partial charge < -0.3 is 0 Å². The van der Waals surface area contributed by atoms with Gasteiger partial charge in [0, 0.05) is 0 Å². The van der Waals surface area contributed by atoms with Gasteiger partial charge in [0.1, 0.15) is 0 Å². The summed E-state index contributed by atoms with van der Waals surface area (Å²) in [5, 5.41) is 8.79. The van der Waals surface area contributed by atoms with Gasteiger partial charge in [-0.05, 0) is 55.9 Å². The Kier molecular flexibility index (Phi) is 1.34. The van der Waals surface area contributed by atoms with E-state index >= 15 is 0 Å². The van der Waals surface area contributed by atoms with Gasteiger partial charge in [-0.1, -0.05) is 5.57 Å². The summed E-state index contributed by atoms with van der Waals surface area (Å²) in [5.74, 6) is 1.92. The van der Waals surface area contributed by atoms with Crippen molar-refractivity contribution >= 4 is 0 Å². The molecular weight excluding hydrogens is 172 g/mol. The van der Waals surface area contributed by atoms with Crippen LogP contribution < -0.4 is 0 Å². The fourth-order valence-electron chi connectivity index (χ4n) is 3.23. The van der Waals surface area contributed by atoms with Crippen LogP contribution in [-0.2, 0) is 0 Å². The Morgan fingerprint density at radius 1 is 0.786 bits per heavy atom. The third-order valence-corrected chi connectivity index (χ3v) is 4.14. The van der Waals surface area contributed by atoms with E-state index in [9.17, 15) is 0 Å². The minimum Gasteiger partial charge on any atom is -0.186 e. The summed E-state index contributed by atoms with van der Waals surface area (Å²) < 4.78 is 0. The third kappa shape index (κ3) is 0.971. The zero-order chi connectivity index (χ0) is 9.12. The second-order valence-corrected chi connectivity index (χ2v) is 5.30. The van der Waals surface area contributed by atoms with E-state index in [-0.39, 0.29) is 0 Å². The summed E-state index contributed by atoms with van der Waals surface area (Å²) in [6.45, 7) is 0. The van der Waals surface area contributed by atoms with E-state index in [0.717, 1.165) is 11.8 Å². The Hall–Kier alpha value is -0.660. The molecule has 0 N–H and O–H groups in total. The van der Waals surface area contributed by atoms with Crippen molar-refractivity contribution in [3.63, 3.8) is 0 Å². The van der Waals surface area contributed by atoms with Gasteiger partial charge in [0.15, 0.2) is 0 Å². The Morgan fingerprint density at radius 2 is 1.29 bits per heavy atom. The largest absolute Gasteiger partial charge is 0.186 e. The van der Waals surface area contributed by atoms with Crippen molar-refractivity contribution in [1.29, 1.82) is 0 Å². The average molecular weight is 188 g/mol. The molecular formula is C12H16N2. The lowest BCUT2D eigenvalue weighted by Crippen LogP contribution is -2.07. The summed E-state index contributed by atoms with van der Waals surface area (Å²) in [5.41, 5.74) is 3.53. The molecule has 2 atom stereocenters. The van der Waals surface area contributed by atoms with Crippen molar-refractivity contribution in [2.45, 2.75) is 50.6 Å². The van der Waals surface area contributed by atoms with Crippen LogP contribution in [0.5, 0.6) is 0 Å². The second-order valence-electron chi connectivity index (χ2n) is 5.30. The van der Waals surface area contributed by atoms with Crippen LogP contribution in [0.3, 0.4) is 0 Å². The molecule has 1 aliphatic heterocycles. The summed E-state index contributed by atoms with van der Waals surface area (Å²) in [4.78, 5) is 0. The second kappa shape index (κ2) is 2.47. The number of azo groups is 1. The van der Waals surface area contributed by atoms with Gasteiger partial charge in [0.05, 0.1) is 12.1 Å². The van der Waals surface area contributed by atoms with Crippen molar-refractivity contribution in [2.24, 2.45) is 22.1 Å². The standard InChI is InChI=1S/C12H16N2/c1-2-7(1)11(8-3-4-8)12-9-5-6-10(12)14-13-9/h7-10H,1-6H2/t9-,10+. The maximum Gasteiger partial charge on any atom is 0.0943 e. The Morgan fingerprint density at radius 3 is 1.64 bits per heavy atom. The lowest BCUT2D eigenvalue weighted by atomic mass is 9.94. The van der Waals surface area contributed by atoms with Crippen LogP contribution in [0.4, 0.5) is 0 Å². The Balaban J connectivity index is 1.78. The highest BCUT2D eigenvalue weighted by molar-refractivity contribution is 5.37. The number of hydrogen-bond donors (Lipinski definition) is 0. The molecule has 0 spiro atoms. The number of nitrogens with zero attached hydrogens (tertiary/aromatic N) is 2. The maximum absolute atomic E-state index is 4.39. The van der Waals surface area contributed by atoms with Crippen molar-refractivity contribution in [3.8, 4) is 0 Å². The van der Waals surface area contributed by atoms with Gasteiger partial charge in [-0.25, -0.2) is 0 Å². The zero-order valence-electron chi connectivity index (χ0n) is 8.45. The number of allylic oxidation sites excluding steroid dienone is 1. The molecule has 4 aliphatic rings. The van der Waals surface area contributed by atoms with E-state index in [1.54, 1.807) is 5.57 Å². The normalized spacial score (nSPS) is 39.6. The van der Waals surface area contributed by atoms with Gasteiger partial charge >= 0.3 is 0 Å². The molecule has 74 valence electrons. The van der Waals surface area contributed by atoms with E-state index in [4.69, 9.17) is 0 Å². The van der Waals surface area contributed by atoms with Crippen LogP contribution >= 0.6 is 0 Å². The van der Waals surface area contributed by atoms with E-state index in [1.807, 2.05) is 5.57 Å². The van der Waals surface area contributed by atoms with Crippen molar-refractivity contribution in [2.75, 3.05) is 0 Å². The fraction of sp³-hybridized carbons (Fsp3) is 0.833. The summed E-state index contributed by atoms with van der Waals surface area (Å²) in [7, 11) is 0. The lowest BCUT2D eigenvalue weighted by molar-refractivity contribution is 0.643. The first-order valence-electron chi connectivity index (χ1n) is 6.07. The molecule has 3 saturated carbocycles. The molecule has 0 aromatic carbocycles. The predicted molar refractivity (Wildman–Crippen MR) is 54.1 cm³/mol. The minimum absolute atomic E-state index is 0.524. The topological polar surface area (TPSA) is 24.7 Å². The number of rotatable bonds is 2. The van der Waals surface area contributed by atoms with Gasteiger partial charge in [-0.3, -0.25) is 0 Å². The van der Waals surface area contributed by atoms with Gasteiger partial charge in [0.2, 0.25) is 0 Å². The van der Waals surface area contributed by atoms with Crippen molar-refractivity contribution in [3.05, 3.63) is 11.1 Å². The molecule has 2 heteroatoms. The van der Waals surface area contributed by atoms with Crippen LogP contribution in [0.25, 0.3) is 0 Å². The first-order chi connectivity index (χ1) is 6.93. The molecule has 1 heterocycles. The highest BCUT2D eigenvalue weighted by atomic mass is 15.2. The van der Waals surface area contributed by atoms with E-state index < -0.39 is 0 Å². The Labute approximate surface area is 84.5 Å². The zero-order valence-corrected chi connectivity index (χ0v) is 8.45.